The van der Waals surface area contributed by atoms with Crippen LogP contribution in [-0.4, -0.2) is 74.5 Å². The third-order valence-corrected chi connectivity index (χ3v) is 5.25. The number of likely N-dealkylation sites (tertiary alicyclic amines) is 1. The number of aromatic nitrogens is 3. The summed E-state index contributed by atoms with van der Waals surface area (Å²) in [4.78, 5) is 30.4. The van der Waals surface area contributed by atoms with Crippen LogP contribution in [0.2, 0.25) is 0 Å². The largest absolute Gasteiger partial charge is 0.490 e. The van der Waals surface area contributed by atoms with Crippen molar-refractivity contribution in [3.63, 3.8) is 0 Å². The molecule has 0 aromatic carbocycles. The molecule has 0 aliphatic carbocycles. The van der Waals surface area contributed by atoms with Gasteiger partial charge in [0.05, 0.1) is 12.8 Å². The minimum atomic E-state index is -5.08. The molecule has 0 saturated carbocycles. The maximum absolute atomic E-state index is 13.0. The molecule has 2 aromatic rings. The molecule has 0 bridgehead atoms. The highest BCUT2D eigenvalue weighted by Crippen LogP contribution is 2.26. The van der Waals surface area contributed by atoms with Gasteiger partial charge in [0.15, 0.2) is 0 Å². The quantitative estimate of drug-likeness (QED) is 0.754. The third-order valence-electron chi connectivity index (χ3n) is 5.25. The fourth-order valence-electron chi connectivity index (χ4n) is 3.78. The van der Waals surface area contributed by atoms with Gasteiger partial charge in [-0.05, 0) is 25.0 Å². The molecular formula is C20H24F3N5O4. The summed E-state index contributed by atoms with van der Waals surface area (Å²) in [6, 6.07) is 5.68. The predicted molar refractivity (Wildman–Crippen MR) is 106 cm³/mol. The van der Waals surface area contributed by atoms with E-state index in [-0.39, 0.29) is 11.9 Å². The topological polar surface area (TPSA) is 101 Å². The van der Waals surface area contributed by atoms with Crippen molar-refractivity contribution in [2.45, 2.75) is 38.1 Å². The third kappa shape index (κ3) is 5.55. The molecule has 2 aliphatic heterocycles. The van der Waals surface area contributed by atoms with Crippen LogP contribution in [0.15, 0.2) is 30.6 Å². The first-order valence-electron chi connectivity index (χ1n) is 10.0. The van der Waals surface area contributed by atoms with Crippen LogP contribution in [0.4, 0.5) is 13.2 Å². The highest BCUT2D eigenvalue weighted by atomic mass is 19.4. The number of ether oxygens (including phenoxy) is 1. The lowest BCUT2D eigenvalue weighted by atomic mass is 10.1. The summed E-state index contributed by atoms with van der Waals surface area (Å²) in [7, 11) is 1.64. The number of carboxylic acid groups (broad SMARTS) is 1. The smallest absolute Gasteiger partial charge is 0.481 e. The van der Waals surface area contributed by atoms with Gasteiger partial charge in [0.25, 0.3) is 0 Å². The molecule has 12 heteroatoms. The van der Waals surface area contributed by atoms with Crippen molar-refractivity contribution >= 4 is 11.9 Å². The standard InChI is InChI=1S/C18H23N5O2.C2HF3O2/c1-25-17-14(5-4-7-19-17)11-21-12-15-6-8-20-23(15)16(13-21)18(24)22-9-2-3-10-22;3-2(4,5)1(6)7/h4-8,16H,2-3,9-13H2,1H3;(H,6,7). The van der Waals surface area contributed by atoms with Crippen LogP contribution in [0.1, 0.15) is 30.1 Å². The van der Waals surface area contributed by atoms with Gasteiger partial charge in [0.1, 0.15) is 6.04 Å². The van der Waals surface area contributed by atoms with E-state index in [9.17, 15) is 18.0 Å². The number of rotatable bonds is 4. The lowest BCUT2D eigenvalue weighted by Crippen LogP contribution is -2.45. The number of alkyl halides is 3. The van der Waals surface area contributed by atoms with E-state index >= 15 is 0 Å². The van der Waals surface area contributed by atoms with E-state index < -0.39 is 12.1 Å². The number of hydrogen-bond acceptors (Lipinski definition) is 6. The maximum atomic E-state index is 13.0. The zero-order chi connectivity index (χ0) is 23.3. The van der Waals surface area contributed by atoms with E-state index in [0.717, 1.165) is 43.7 Å². The number of fused-ring (bicyclic) bond motifs is 1. The van der Waals surface area contributed by atoms with Gasteiger partial charge in [-0.1, -0.05) is 6.07 Å². The lowest BCUT2D eigenvalue weighted by molar-refractivity contribution is -0.192. The molecule has 1 fully saturated rings. The van der Waals surface area contributed by atoms with Crippen molar-refractivity contribution in [1.29, 1.82) is 0 Å². The average molecular weight is 455 g/mol. The number of hydrogen-bond donors (Lipinski definition) is 1. The van der Waals surface area contributed by atoms with Crippen molar-refractivity contribution in [3.8, 4) is 5.88 Å². The number of nitrogens with zero attached hydrogens (tertiary/aromatic N) is 5. The number of aliphatic carboxylic acids is 1. The molecule has 32 heavy (non-hydrogen) atoms. The molecule has 2 aliphatic rings. The number of carboxylic acids is 1. The first-order valence-corrected chi connectivity index (χ1v) is 10.0. The van der Waals surface area contributed by atoms with Gasteiger partial charge in [-0.15, -0.1) is 0 Å². The van der Waals surface area contributed by atoms with Crippen LogP contribution in [0.5, 0.6) is 5.88 Å². The number of pyridine rings is 1. The molecule has 2 aromatic heterocycles. The highest BCUT2D eigenvalue weighted by Gasteiger charge is 2.38. The van der Waals surface area contributed by atoms with Crippen molar-refractivity contribution in [3.05, 3.63) is 41.9 Å². The van der Waals surface area contributed by atoms with E-state index in [1.807, 2.05) is 27.8 Å². The molecule has 0 radical (unpaired) electrons. The number of methoxy groups -OCH3 is 1. The van der Waals surface area contributed by atoms with Crippen LogP contribution < -0.4 is 4.74 Å². The van der Waals surface area contributed by atoms with Crippen molar-refractivity contribution < 1.29 is 32.6 Å². The Morgan fingerprint density at radius 1 is 1.22 bits per heavy atom. The Kier molecular flexibility index (Phi) is 7.33. The molecule has 174 valence electrons. The van der Waals surface area contributed by atoms with Crippen molar-refractivity contribution in [1.82, 2.24) is 24.6 Å². The fourth-order valence-corrected chi connectivity index (χ4v) is 3.78. The fraction of sp³-hybridized carbons (Fsp3) is 0.500. The van der Waals surface area contributed by atoms with Crippen molar-refractivity contribution in [2.75, 3.05) is 26.7 Å². The molecule has 1 unspecified atom stereocenters. The Labute approximate surface area is 182 Å². The zero-order valence-electron chi connectivity index (χ0n) is 17.5. The van der Waals surface area contributed by atoms with Crippen LogP contribution in [0.25, 0.3) is 0 Å². The van der Waals surface area contributed by atoms with Crippen LogP contribution in [0, 0.1) is 0 Å². The summed E-state index contributed by atoms with van der Waals surface area (Å²) in [6.45, 7) is 3.85. The molecule has 4 heterocycles. The van der Waals surface area contributed by atoms with Gasteiger partial charge >= 0.3 is 12.1 Å². The van der Waals surface area contributed by atoms with E-state index in [1.165, 1.54) is 0 Å². The van der Waals surface area contributed by atoms with Crippen LogP contribution >= 0.6 is 0 Å². The summed E-state index contributed by atoms with van der Waals surface area (Å²) in [5.74, 6) is -1.93. The summed E-state index contributed by atoms with van der Waals surface area (Å²) in [6.07, 6.45) is 0.628. The van der Waals surface area contributed by atoms with E-state index in [2.05, 4.69) is 15.0 Å². The minimum Gasteiger partial charge on any atom is -0.481 e. The first-order chi connectivity index (χ1) is 15.2. The summed E-state index contributed by atoms with van der Waals surface area (Å²) >= 11 is 0. The van der Waals surface area contributed by atoms with Gasteiger partial charge in [0.2, 0.25) is 11.8 Å². The Bertz CT molecular complexity index is 943. The normalized spacial score (nSPS) is 18.5. The van der Waals surface area contributed by atoms with Gasteiger partial charge < -0.3 is 14.7 Å². The molecular weight excluding hydrogens is 431 g/mol. The Morgan fingerprint density at radius 3 is 2.53 bits per heavy atom. The Morgan fingerprint density at radius 2 is 1.91 bits per heavy atom. The maximum Gasteiger partial charge on any atom is 0.490 e. The predicted octanol–water partition coefficient (Wildman–Crippen LogP) is 2.10. The van der Waals surface area contributed by atoms with Gasteiger partial charge in [-0.25, -0.2) is 9.78 Å². The van der Waals surface area contributed by atoms with Gasteiger partial charge in [-0.2, -0.15) is 18.3 Å². The highest BCUT2D eigenvalue weighted by molar-refractivity contribution is 5.81. The second-order valence-corrected chi connectivity index (χ2v) is 7.46. The molecule has 1 amide bonds. The SMILES string of the molecule is COc1ncccc1CN1Cc2ccnn2C(C(=O)N2CCCC2)C1.O=C(O)C(F)(F)F. The molecule has 1 N–H and O–H groups in total. The molecule has 1 saturated heterocycles. The minimum absolute atomic E-state index is 0.185. The summed E-state index contributed by atoms with van der Waals surface area (Å²) in [5.41, 5.74) is 2.11. The number of amides is 1. The summed E-state index contributed by atoms with van der Waals surface area (Å²) < 4.78 is 39.0. The molecule has 9 nitrogen and oxygen atoms in total. The van der Waals surface area contributed by atoms with Crippen molar-refractivity contribution in [2.24, 2.45) is 0 Å². The number of halogens is 3. The van der Waals surface area contributed by atoms with E-state index in [1.54, 1.807) is 19.5 Å². The average Bonchev–Trinajstić information content (AvgIpc) is 3.45. The summed E-state index contributed by atoms with van der Waals surface area (Å²) in [5, 5.41) is 11.5. The van der Waals surface area contributed by atoms with Gasteiger partial charge in [0, 0.05) is 50.7 Å². The monoisotopic (exact) mass is 455 g/mol. The molecule has 1 atom stereocenters. The zero-order valence-corrected chi connectivity index (χ0v) is 17.5. The number of carbonyl (C=O) groups excluding carboxylic acids is 1. The van der Waals surface area contributed by atoms with E-state index in [4.69, 9.17) is 14.6 Å². The Balaban J connectivity index is 0.000000360. The Hall–Kier alpha value is -3.15. The lowest BCUT2D eigenvalue weighted by Gasteiger charge is -2.35. The molecule has 4 rings (SSSR count). The van der Waals surface area contributed by atoms with Gasteiger partial charge in [-0.3, -0.25) is 14.4 Å². The number of carbonyl (C=O) groups is 2. The second-order valence-electron chi connectivity index (χ2n) is 7.46. The first kappa shape index (κ1) is 23.5. The molecule has 0 spiro atoms. The van der Waals surface area contributed by atoms with Crippen LogP contribution in [-0.2, 0) is 22.7 Å². The second kappa shape index (κ2) is 9.98. The van der Waals surface area contributed by atoms with E-state index in [0.29, 0.717) is 19.0 Å². The van der Waals surface area contributed by atoms with Crippen LogP contribution in [0.3, 0.4) is 0 Å².